The fourth-order valence-electron chi connectivity index (χ4n) is 2.09. The molecular weight excluding hydrogens is 286 g/mol. The third-order valence-corrected chi connectivity index (χ3v) is 3.31. The summed E-state index contributed by atoms with van der Waals surface area (Å²) in [4.78, 5) is 15.2. The van der Waals surface area contributed by atoms with E-state index in [4.69, 9.17) is 16.9 Å². The Morgan fingerprint density at radius 1 is 1.19 bits per heavy atom. The maximum absolute atomic E-state index is 12.2. The van der Waals surface area contributed by atoms with Gasteiger partial charge in [0.1, 0.15) is 5.69 Å². The highest BCUT2D eigenvalue weighted by atomic mass is 35.5. The van der Waals surface area contributed by atoms with E-state index in [0.717, 1.165) is 10.9 Å². The Kier molecular flexibility index (Phi) is 3.35. The number of fused-ring (bicyclic) bond motifs is 1. The molecule has 0 saturated carbocycles. The minimum absolute atomic E-state index is 0.266. The Balaban J connectivity index is 1.88. The number of anilines is 1. The highest BCUT2D eigenvalue weighted by Crippen LogP contribution is 2.21. The van der Waals surface area contributed by atoms with Gasteiger partial charge in [0.2, 0.25) is 0 Å². The molecule has 3 rings (SSSR count). The van der Waals surface area contributed by atoms with Crippen LogP contribution in [0.4, 0.5) is 5.69 Å². The first-order chi connectivity index (χ1) is 10.2. The quantitative estimate of drug-likeness (QED) is 0.751. The molecule has 2 aromatic carbocycles. The van der Waals surface area contributed by atoms with Crippen LogP contribution in [-0.2, 0) is 0 Å². The molecule has 102 valence electrons. The van der Waals surface area contributed by atoms with E-state index >= 15 is 0 Å². The van der Waals surface area contributed by atoms with Crippen LogP contribution in [0.25, 0.3) is 10.9 Å². The number of nitrogens with one attached hydrogen (secondary N) is 2. The number of aromatic amines is 1. The summed E-state index contributed by atoms with van der Waals surface area (Å²) < 4.78 is 0. The lowest BCUT2D eigenvalue weighted by molar-refractivity contribution is 0.102. The lowest BCUT2D eigenvalue weighted by atomic mass is 10.2. The van der Waals surface area contributed by atoms with Crippen molar-refractivity contribution >= 4 is 34.1 Å². The molecule has 0 unspecified atom stereocenters. The summed E-state index contributed by atoms with van der Waals surface area (Å²) in [6.45, 7) is 0. The number of H-pyrrole nitrogens is 1. The van der Waals surface area contributed by atoms with Gasteiger partial charge in [0, 0.05) is 21.6 Å². The molecule has 1 aromatic heterocycles. The molecule has 21 heavy (non-hydrogen) atoms. The van der Waals surface area contributed by atoms with Gasteiger partial charge in [-0.1, -0.05) is 17.7 Å². The van der Waals surface area contributed by atoms with Crippen LogP contribution in [0, 0.1) is 11.3 Å². The predicted molar refractivity (Wildman–Crippen MR) is 82.4 cm³/mol. The Labute approximate surface area is 126 Å². The number of hydrogen-bond acceptors (Lipinski definition) is 2. The van der Waals surface area contributed by atoms with Gasteiger partial charge in [-0.05, 0) is 42.5 Å². The SMILES string of the molecule is N#Cc1cccc(NC(=O)c2cc3cc(Cl)ccc3[nH]2)c1. The van der Waals surface area contributed by atoms with E-state index in [1.54, 1.807) is 42.5 Å². The fourth-order valence-corrected chi connectivity index (χ4v) is 2.27. The van der Waals surface area contributed by atoms with Crippen LogP contribution < -0.4 is 5.32 Å². The van der Waals surface area contributed by atoms with Crippen LogP contribution in [0.15, 0.2) is 48.5 Å². The zero-order valence-electron chi connectivity index (χ0n) is 10.9. The summed E-state index contributed by atoms with van der Waals surface area (Å²) in [6, 6.07) is 15.9. The number of rotatable bonds is 2. The second-order valence-electron chi connectivity index (χ2n) is 4.56. The Morgan fingerprint density at radius 3 is 2.86 bits per heavy atom. The Hall–Kier alpha value is -2.77. The van der Waals surface area contributed by atoms with E-state index in [9.17, 15) is 4.79 Å². The van der Waals surface area contributed by atoms with E-state index in [1.807, 2.05) is 12.1 Å². The Morgan fingerprint density at radius 2 is 2.05 bits per heavy atom. The van der Waals surface area contributed by atoms with Crippen LogP contribution in [-0.4, -0.2) is 10.9 Å². The van der Waals surface area contributed by atoms with Crippen molar-refractivity contribution in [1.82, 2.24) is 4.98 Å². The maximum Gasteiger partial charge on any atom is 0.272 e. The number of carbonyl (C=O) groups is 1. The molecule has 0 bridgehead atoms. The van der Waals surface area contributed by atoms with E-state index in [0.29, 0.717) is 22.0 Å². The first-order valence-corrected chi connectivity index (χ1v) is 6.63. The van der Waals surface area contributed by atoms with E-state index in [2.05, 4.69) is 10.3 Å². The molecule has 3 aromatic rings. The third-order valence-electron chi connectivity index (χ3n) is 3.08. The topological polar surface area (TPSA) is 68.7 Å². The van der Waals surface area contributed by atoms with Crippen molar-refractivity contribution in [2.45, 2.75) is 0 Å². The number of halogens is 1. The van der Waals surface area contributed by atoms with Gasteiger partial charge in [-0.3, -0.25) is 4.79 Å². The first kappa shape index (κ1) is 13.2. The smallest absolute Gasteiger partial charge is 0.272 e. The van der Waals surface area contributed by atoms with Crippen molar-refractivity contribution in [2.24, 2.45) is 0 Å². The predicted octanol–water partition coefficient (Wildman–Crippen LogP) is 3.95. The van der Waals surface area contributed by atoms with Crippen molar-refractivity contribution in [3.8, 4) is 6.07 Å². The van der Waals surface area contributed by atoms with Gasteiger partial charge >= 0.3 is 0 Å². The van der Waals surface area contributed by atoms with Crippen LogP contribution in [0.1, 0.15) is 16.1 Å². The molecule has 0 atom stereocenters. The number of carbonyl (C=O) groups excluding carboxylic acids is 1. The van der Waals surface area contributed by atoms with E-state index in [-0.39, 0.29) is 5.91 Å². The van der Waals surface area contributed by atoms with Crippen LogP contribution in [0.3, 0.4) is 0 Å². The molecule has 0 aliphatic heterocycles. The van der Waals surface area contributed by atoms with Gasteiger partial charge in [0.15, 0.2) is 0 Å². The van der Waals surface area contributed by atoms with Gasteiger partial charge in [0.05, 0.1) is 11.6 Å². The van der Waals surface area contributed by atoms with Crippen molar-refractivity contribution in [2.75, 3.05) is 5.32 Å². The lowest BCUT2D eigenvalue weighted by Gasteiger charge is -2.03. The molecule has 2 N–H and O–H groups in total. The van der Waals surface area contributed by atoms with Crippen molar-refractivity contribution in [3.63, 3.8) is 0 Å². The molecule has 0 fully saturated rings. The largest absolute Gasteiger partial charge is 0.351 e. The second-order valence-corrected chi connectivity index (χ2v) is 5.00. The zero-order chi connectivity index (χ0) is 14.8. The highest BCUT2D eigenvalue weighted by Gasteiger charge is 2.10. The zero-order valence-corrected chi connectivity index (χ0v) is 11.6. The summed E-state index contributed by atoms with van der Waals surface area (Å²) in [7, 11) is 0. The molecule has 0 saturated heterocycles. The monoisotopic (exact) mass is 295 g/mol. The van der Waals surface area contributed by atoms with Gasteiger partial charge in [-0.2, -0.15) is 5.26 Å². The van der Waals surface area contributed by atoms with E-state index in [1.165, 1.54) is 0 Å². The maximum atomic E-state index is 12.2. The number of benzene rings is 2. The van der Waals surface area contributed by atoms with E-state index < -0.39 is 0 Å². The van der Waals surface area contributed by atoms with Crippen molar-refractivity contribution in [1.29, 1.82) is 5.26 Å². The molecule has 0 aliphatic carbocycles. The summed E-state index contributed by atoms with van der Waals surface area (Å²) in [5, 5.41) is 13.1. The molecule has 5 heteroatoms. The molecule has 0 spiro atoms. The fraction of sp³-hybridized carbons (Fsp3) is 0. The first-order valence-electron chi connectivity index (χ1n) is 6.25. The molecule has 1 amide bonds. The normalized spacial score (nSPS) is 10.3. The summed E-state index contributed by atoms with van der Waals surface area (Å²) >= 11 is 5.93. The molecule has 0 aliphatic rings. The number of amides is 1. The second kappa shape index (κ2) is 5.31. The standard InChI is InChI=1S/C16H10ClN3O/c17-12-4-5-14-11(7-12)8-15(20-14)16(21)19-13-3-1-2-10(6-13)9-18/h1-8,20H,(H,19,21). The van der Waals surface area contributed by atoms with Gasteiger partial charge < -0.3 is 10.3 Å². The van der Waals surface area contributed by atoms with Gasteiger partial charge in [-0.15, -0.1) is 0 Å². The van der Waals surface area contributed by atoms with Crippen molar-refractivity contribution in [3.05, 3.63) is 64.8 Å². The Bertz CT molecular complexity index is 877. The number of hydrogen-bond donors (Lipinski definition) is 2. The van der Waals surface area contributed by atoms with Gasteiger partial charge in [-0.25, -0.2) is 0 Å². The third kappa shape index (κ3) is 2.73. The molecular formula is C16H10ClN3O. The van der Waals surface area contributed by atoms with Crippen LogP contribution in [0.2, 0.25) is 5.02 Å². The van der Waals surface area contributed by atoms with Gasteiger partial charge in [0.25, 0.3) is 5.91 Å². The molecule has 0 radical (unpaired) electrons. The average molecular weight is 296 g/mol. The minimum atomic E-state index is -0.266. The lowest BCUT2D eigenvalue weighted by Crippen LogP contribution is -2.12. The van der Waals surface area contributed by atoms with Crippen LogP contribution >= 0.6 is 11.6 Å². The van der Waals surface area contributed by atoms with Crippen LogP contribution in [0.5, 0.6) is 0 Å². The summed E-state index contributed by atoms with van der Waals surface area (Å²) in [6.07, 6.45) is 0. The number of nitriles is 1. The number of aromatic nitrogens is 1. The molecule has 1 heterocycles. The minimum Gasteiger partial charge on any atom is -0.351 e. The summed E-state index contributed by atoms with van der Waals surface area (Å²) in [5.41, 5.74) is 2.36. The average Bonchev–Trinajstić information content (AvgIpc) is 2.90. The highest BCUT2D eigenvalue weighted by molar-refractivity contribution is 6.31. The van der Waals surface area contributed by atoms with Crippen molar-refractivity contribution < 1.29 is 4.79 Å². The summed E-state index contributed by atoms with van der Waals surface area (Å²) in [5.74, 6) is -0.266. The number of nitrogens with zero attached hydrogens (tertiary/aromatic N) is 1. The molecule has 4 nitrogen and oxygen atoms in total.